The van der Waals surface area contributed by atoms with Crippen LogP contribution in [0.4, 0.5) is 5.69 Å². The van der Waals surface area contributed by atoms with Crippen LogP contribution in [0.3, 0.4) is 0 Å². The van der Waals surface area contributed by atoms with Gasteiger partial charge in [0.1, 0.15) is 5.75 Å². The lowest BCUT2D eigenvalue weighted by Crippen LogP contribution is -2.32. The summed E-state index contributed by atoms with van der Waals surface area (Å²) >= 11 is 0. The number of benzene rings is 2. The third kappa shape index (κ3) is 3.21. The molecule has 0 fully saturated rings. The normalized spacial score (nSPS) is 17.1. The summed E-state index contributed by atoms with van der Waals surface area (Å²) in [5, 5.41) is 20.2. The van der Waals surface area contributed by atoms with Gasteiger partial charge in [0, 0.05) is 11.6 Å². The van der Waals surface area contributed by atoms with Gasteiger partial charge in [-0.05, 0) is 48.7 Å². The number of phenols is 1. The van der Waals surface area contributed by atoms with Gasteiger partial charge < -0.3 is 10.2 Å². The number of ketones is 1. The summed E-state index contributed by atoms with van der Waals surface area (Å²) < 4.78 is 0. The minimum absolute atomic E-state index is 0.0892. The quantitative estimate of drug-likeness (QED) is 0.854. The number of hydrogen-bond acceptors (Lipinski definition) is 4. The molecule has 2 N–H and O–H groups in total. The van der Waals surface area contributed by atoms with Gasteiger partial charge in [-0.1, -0.05) is 38.1 Å². The molecule has 0 aromatic heterocycles. The van der Waals surface area contributed by atoms with Crippen LogP contribution in [-0.2, 0) is 9.59 Å². The van der Waals surface area contributed by atoms with Gasteiger partial charge in [-0.2, -0.15) is 0 Å². The summed E-state index contributed by atoms with van der Waals surface area (Å²) in [5.41, 5.74) is 3.23. The highest BCUT2D eigenvalue weighted by Crippen LogP contribution is 2.43. The molecule has 5 nitrogen and oxygen atoms in total. The van der Waals surface area contributed by atoms with E-state index in [-0.39, 0.29) is 23.0 Å². The molecule has 0 saturated carbocycles. The fourth-order valence-corrected chi connectivity index (χ4v) is 3.37. The van der Waals surface area contributed by atoms with Crippen molar-refractivity contribution in [3.63, 3.8) is 0 Å². The van der Waals surface area contributed by atoms with E-state index in [2.05, 4.69) is 0 Å². The average molecular weight is 365 g/mol. The van der Waals surface area contributed by atoms with Gasteiger partial charge in [-0.25, -0.2) is 0 Å². The molecule has 1 atom stereocenters. The zero-order valence-corrected chi connectivity index (χ0v) is 15.9. The van der Waals surface area contributed by atoms with Crippen molar-refractivity contribution >= 4 is 17.4 Å². The first-order valence-corrected chi connectivity index (χ1v) is 8.89. The van der Waals surface area contributed by atoms with Crippen molar-refractivity contribution in [2.75, 3.05) is 4.90 Å². The molecule has 1 heterocycles. The molecule has 0 bridgehead atoms. The number of carbonyl (C=O) groups excluding carboxylic acids is 2. The molecule has 1 aliphatic heterocycles. The lowest BCUT2D eigenvalue weighted by molar-refractivity contribution is -0.119. The Labute approximate surface area is 158 Å². The van der Waals surface area contributed by atoms with E-state index in [0.29, 0.717) is 11.3 Å². The van der Waals surface area contributed by atoms with Crippen molar-refractivity contribution in [3.8, 4) is 5.75 Å². The van der Waals surface area contributed by atoms with Crippen molar-refractivity contribution in [1.82, 2.24) is 0 Å². The summed E-state index contributed by atoms with van der Waals surface area (Å²) in [4.78, 5) is 27.3. The smallest absolute Gasteiger partial charge is 0.294 e. The number of carbonyl (C=O) groups is 2. The fourth-order valence-electron chi connectivity index (χ4n) is 3.37. The first-order valence-electron chi connectivity index (χ1n) is 8.89. The van der Waals surface area contributed by atoms with Crippen LogP contribution in [0.2, 0.25) is 0 Å². The Morgan fingerprint density at radius 3 is 2.26 bits per heavy atom. The van der Waals surface area contributed by atoms with E-state index in [4.69, 9.17) is 0 Å². The Bertz CT molecular complexity index is 941. The third-order valence-electron chi connectivity index (χ3n) is 4.83. The number of rotatable bonds is 4. The van der Waals surface area contributed by atoms with Gasteiger partial charge in [-0.15, -0.1) is 0 Å². The van der Waals surface area contributed by atoms with Crippen LogP contribution in [0.25, 0.3) is 0 Å². The molecule has 5 heteroatoms. The van der Waals surface area contributed by atoms with Crippen LogP contribution in [0.5, 0.6) is 5.75 Å². The standard InChI is InChI=1S/C22H23NO4/c1-12(2)20(25)18-19(15-7-9-16(24)10-8-15)23(22(27)21(18)26)17-11-13(3)5-6-14(17)4/h5-12,19,24,26H,1-4H3. The number of hydrogen-bond donors (Lipinski definition) is 2. The minimum Gasteiger partial charge on any atom is -0.508 e. The van der Waals surface area contributed by atoms with Crippen molar-refractivity contribution in [1.29, 1.82) is 0 Å². The van der Waals surface area contributed by atoms with E-state index >= 15 is 0 Å². The molecule has 0 saturated heterocycles. The maximum atomic E-state index is 13.0. The van der Waals surface area contributed by atoms with Crippen LogP contribution < -0.4 is 4.90 Å². The molecule has 2 aromatic carbocycles. The van der Waals surface area contributed by atoms with Gasteiger partial charge in [-0.3, -0.25) is 14.5 Å². The molecule has 0 aliphatic carbocycles. The van der Waals surface area contributed by atoms with Crippen molar-refractivity contribution in [2.45, 2.75) is 33.7 Å². The SMILES string of the molecule is Cc1ccc(C)c(N2C(=O)C(O)=C(C(=O)C(C)C)C2c2ccc(O)cc2)c1. The van der Waals surface area contributed by atoms with Crippen molar-refractivity contribution < 1.29 is 19.8 Å². The third-order valence-corrected chi connectivity index (χ3v) is 4.83. The zero-order valence-electron chi connectivity index (χ0n) is 15.9. The maximum Gasteiger partial charge on any atom is 0.294 e. The van der Waals surface area contributed by atoms with Gasteiger partial charge in [0.25, 0.3) is 5.91 Å². The molecule has 1 amide bonds. The Kier molecular flexibility index (Phi) is 4.79. The highest BCUT2D eigenvalue weighted by Gasteiger charge is 2.45. The molecular formula is C22H23NO4. The van der Waals surface area contributed by atoms with Crippen LogP contribution in [0, 0.1) is 19.8 Å². The number of phenolic OH excluding ortho intramolecular Hbond substituents is 1. The zero-order chi connectivity index (χ0) is 19.9. The van der Waals surface area contributed by atoms with E-state index < -0.39 is 17.7 Å². The van der Waals surface area contributed by atoms with Gasteiger partial charge in [0.05, 0.1) is 11.6 Å². The van der Waals surface area contributed by atoms with E-state index in [0.717, 1.165) is 11.1 Å². The largest absolute Gasteiger partial charge is 0.508 e. The second-order valence-corrected chi connectivity index (χ2v) is 7.24. The Hall–Kier alpha value is -3.08. The number of anilines is 1. The Balaban J connectivity index is 2.23. The summed E-state index contributed by atoms with van der Waals surface area (Å²) in [6, 6.07) is 11.3. The highest BCUT2D eigenvalue weighted by atomic mass is 16.3. The second-order valence-electron chi connectivity index (χ2n) is 7.24. The monoisotopic (exact) mass is 365 g/mol. The lowest BCUT2D eigenvalue weighted by Gasteiger charge is -2.29. The number of amides is 1. The Morgan fingerprint density at radius 1 is 1.04 bits per heavy atom. The predicted octanol–water partition coefficient (Wildman–Crippen LogP) is 4.13. The topological polar surface area (TPSA) is 77.8 Å². The number of aliphatic hydroxyl groups excluding tert-OH is 1. The summed E-state index contributed by atoms with van der Waals surface area (Å²) in [5.74, 6) is -1.65. The lowest BCUT2D eigenvalue weighted by atomic mass is 9.91. The highest BCUT2D eigenvalue weighted by molar-refractivity contribution is 6.17. The first kappa shape index (κ1) is 18.7. The summed E-state index contributed by atoms with van der Waals surface area (Å²) in [6.45, 7) is 7.28. The minimum atomic E-state index is -0.742. The number of aliphatic hydroxyl groups is 1. The number of aromatic hydroxyl groups is 1. The molecule has 0 spiro atoms. The number of Topliss-reactive ketones (excluding diaryl/α,β-unsaturated/α-hetero) is 1. The van der Waals surface area contributed by atoms with Gasteiger partial charge in [0.2, 0.25) is 0 Å². The fraction of sp³-hybridized carbons (Fsp3) is 0.273. The van der Waals surface area contributed by atoms with Gasteiger partial charge in [0.15, 0.2) is 11.5 Å². The van der Waals surface area contributed by atoms with E-state index in [1.165, 1.54) is 17.0 Å². The molecular weight excluding hydrogens is 342 g/mol. The van der Waals surface area contributed by atoms with E-state index in [9.17, 15) is 19.8 Å². The maximum absolute atomic E-state index is 13.0. The van der Waals surface area contributed by atoms with Crippen molar-refractivity contribution in [3.05, 3.63) is 70.5 Å². The summed E-state index contributed by atoms with van der Waals surface area (Å²) in [7, 11) is 0. The van der Waals surface area contributed by atoms with Crippen LogP contribution in [0.15, 0.2) is 53.8 Å². The molecule has 2 aromatic rings. The van der Waals surface area contributed by atoms with Crippen molar-refractivity contribution in [2.24, 2.45) is 5.92 Å². The van der Waals surface area contributed by atoms with Gasteiger partial charge >= 0.3 is 0 Å². The molecule has 27 heavy (non-hydrogen) atoms. The first-order chi connectivity index (χ1) is 12.7. The molecule has 0 radical (unpaired) electrons. The summed E-state index contributed by atoms with van der Waals surface area (Å²) in [6.07, 6.45) is 0. The Morgan fingerprint density at radius 2 is 1.67 bits per heavy atom. The molecule has 140 valence electrons. The average Bonchev–Trinajstić information content (AvgIpc) is 2.88. The second kappa shape index (κ2) is 6.91. The van der Waals surface area contributed by atoms with E-state index in [1.807, 2.05) is 32.0 Å². The van der Waals surface area contributed by atoms with Crippen LogP contribution >= 0.6 is 0 Å². The van der Waals surface area contributed by atoms with Crippen LogP contribution in [-0.4, -0.2) is 21.9 Å². The van der Waals surface area contributed by atoms with E-state index in [1.54, 1.807) is 26.0 Å². The number of aryl methyl sites for hydroxylation is 2. The van der Waals surface area contributed by atoms with Crippen LogP contribution in [0.1, 0.15) is 36.6 Å². The molecule has 1 unspecified atom stereocenters. The number of nitrogens with zero attached hydrogens (tertiary/aromatic N) is 1. The predicted molar refractivity (Wildman–Crippen MR) is 104 cm³/mol. The molecule has 1 aliphatic rings. The molecule has 3 rings (SSSR count).